The Labute approximate surface area is 180 Å². The molecule has 0 radical (unpaired) electrons. The summed E-state index contributed by atoms with van der Waals surface area (Å²) in [6.45, 7) is 10.3. The maximum absolute atomic E-state index is 12.6. The van der Waals surface area contributed by atoms with E-state index < -0.39 is 35.4 Å². The van der Waals surface area contributed by atoms with Crippen LogP contribution in [0.3, 0.4) is 0 Å². The van der Waals surface area contributed by atoms with E-state index in [0.717, 1.165) is 5.57 Å². The van der Waals surface area contributed by atoms with E-state index >= 15 is 0 Å². The molecule has 1 aromatic carbocycles. The van der Waals surface area contributed by atoms with Crippen molar-refractivity contribution in [1.29, 1.82) is 0 Å². The minimum absolute atomic E-state index is 0.273. The molecule has 0 bridgehead atoms. The molecule has 2 heterocycles. The van der Waals surface area contributed by atoms with Crippen molar-refractivity contribution in [3.8, 4) is 5.75 Å². The second-order valence-corrected chi connectivity index (χ2v) is 8.23. The maximum atomic E-state index is 12.6. The normalized spacial score (nSPS) is 18.2. The van der Waals surface area contributed by atoms with Crippen LogP contribution < -0.4 is 10.4 Å². The number of fused-ring (bicyclic) bond motifs is 3. The largest absolute Gasteiger partial charge is 0.481 e. The maximum Gasteiger partial charge on any atom is 0.336 e. The van der Waals surface area contributed by atoms with E-state index in [9.17, 15) is 14.4 Å². The van der Waals surface area contributed by atoms with Crippen molar-refractivity contribution in [1.82, 2.24) is 0 Å². The van der Waals surface area contributed by atoms with Crippen LogP contribution in [0.5, 0.6) is 5.75 Å². The van der Waals surface area contributed by atoms with Crippen LogP contribution in [0, 0.1) is 0 Å². The van der Waals surface area contributed by atoms with Gasteiger partial charge in [0.2, 0.25) is 0 Å². The lowest BCUT2D eigenvalue weighted by atomic mass is 9.93. The molecule has 0 fully saturated rings. The monoisotopic (exact) mass is 426 g/mol. The number of allylic oxidation sites excluding steroid dienone is 2. The van der Waals surface area contributed by atoms with Gasteiger partial charge in [-0.25, -0.2) is 14.4 Å². The standard InChI is InChI=1S/C24H26O7/c1-7-14(4)23(27)30-21-19-16(10-8-15-9-11-17(25)29-20(15)19)28-22(21)24(5,6)31-18(26)12-13(2)3/h7-12,21-22H,1-6H3/b14-7-/t21?,22-/m0/s1. The van der Waals surface area contributed by atoms with Crippen LogP contribution in [0.25, 0.3) is 11.0 Å². The molecule has 2 aromatic rings. The van der Waals surface area contributed by atoms with Crippen molar-refractivity contribution < 1.29 is 28.2 Å². The molecule has 2 atom stereocenters. The SMILES string of the molecule is C/C=C(/C)C(=O)OC1c2c(ccc3ccc(=O)oc23)O[C@@H]1C(C)(C)OC(=O)C=C(C)C. The Morgan fingerprint density at radius 2 is 1.77 bits per heavy atom. The van der Waals surface area contributed by atoms with Gasteiger partial charge in [0.1, 0.15) is 16.9 Å². The van der Waals surface area contributed by atoms with Gasteiger partial charge in [-0.05, 0) is 59.7 Å². The average Bonchev–Trinajstić information content (AvgIpc) is 3.05. The number of ether oxygens (including phenoxy) is 3. The Bertz CT molecular complexity index is 1150. The van der Waals surface area contributed by atoms with E-state index in [1.807, 2.05) is 0 Å². The molecule has 0 amide bonds. The molecule has 1 aliphatic heterocycles. The van der Waals surface area contributed by atoms with Crippen LogP contribution in [0.15, 0.2) is 56.8 Å². The molecule has 3 rings (SSSR count). The molecule has 7 nitrogen and oxygen atoms in total. The van der Waals surface area contributed by atoms with Gasteiger partial charge in [-0.2, -0.15) is 0 Å². The number of hydrogen-bond donors (Lipinski definition) is 0. The highest BCUT2D eigenvalue weighted by atomic mass is 16.6. The number of benzene rings is 1. The fourth-order valence-corrected chi connectivity index (χ4v) is 3.39. The summed E-state index contributed by atoms with van der Waals surface area (Å²) >= 11 is 0. The molecular formula is C24H26O7. The lowest BCUT2D eigenvalue weighted by molar-refractivity contribution is -0.171. The molecule has 1 unspecified atom stereocenters. The first-order chi connectivity index (χ1) is 14.5. The van der Waals surface area contributed by atoms with Crippen molar-refractivity contribution in [2.75, 3.05) is 0 Å². The molecule has 0 saturated heterocycles. The molecule has 0 N–H and O–H groups in total. The van der Waals surface area contributed by atoms with Gasteiger partial charge in [-0.3, -0.25) is 0 Å². The van der Waals surface area contributed by atoms with Gasteiger partial charge in [-0.15, -0.1) is 0 Å². The molecule has 0 aliphatic carbocycles. The molecule has 31 heavy (non-hydrogen) atoms. The molecular weight excluding hydrogens is 400 g/mol. The first kappa shape index (κ1) is 22.3. The van der Waals surface area contributed by atoms with Crippen molar-refractivity contribution >= 4 is 22.9 Å². The number of rotatable bonds is 5. The molecule has 7 heteroatoms. The Morgan fingerprint density at radius 1 is 1.10 bits per heavy atom. The highest BCUT2D eigenvalue weighted by Crippen LogP contribution is 2.47. The predicted octanol–water partition coefficient (Wildman–Crippen LogP) is 4.39. The summed E-state index contributed by atoms with van der Waals surface area (Å²) in [7, 11) is 0. The van der Waals surface area contributed by atoms with Gasteiger partial charge in [0.05, 0.1) is 5.56 Å². The van der Waals surface area contributed by atoms with E-state index in [-0.39, 0.29) is 5.58 Å². The van der Waals surface area contributed by atoms with Crippen LogP contribution in [-0.2, 0) is 19.1 Å². The summed E-state index contributed by atoms with van der Waals surface area (Å²) in [4.78, 5) is 36.8. The number of carbonyl (C=O) groups is 2. The zero-order chi connectivity index (χ0) is 22.9. The molecule has 1 aromatic heterocycles. The lowest BCUT2D eigenvalue weighted by Gasteiger charge is -2.33. The third kappa shape index (κ3) is 4.55. The van der Waals surface area contributed by atoms with Gasteiger partial charge in [-0.1, -0.05) is 11.6 Å². The second kappa shape index (κ2) is 8.41. The van der Waals surface area contributed by atoms with E-state index in [1.54, 1.807) is 65.8 Å². The smallest absolute Gasteiger partial charge is 0.336 e. The second-order valence-electron chi connectivity index (χ2n) is 8.23. The van der Waals surface area contributed by atoms with Crippen LogP contribution >= 0.6 is 0 Å². The summed E-state index contributed by atoms with van der Waals surface area (Å²) in [5, 5.41) is 0.658. The first-order valence-electron chi connectivity index (χ1n) is 9.98. The quantitative estimate of drug-likeness (QED) is 0.398. The number of hydrogen-bond acceptors (Lipinski definition) is 7. The zero-order valence-corrected chi connectivity index (χ0v) is 18.5. The third-order valence-electron chi connectivity index (χ3n) is 5.05. The third-order valence-corrected chi connectivity index (χ3v) is 5.05. The molecule has 1 aliphatic rings. The van der Waals surface area contributed by atoms with E-state index in [4.69, 9.17) is 18.6 Å². The molecule has 164 valence electrons. The van der Waals surface area contributed by atoms with E-state index in [1.165, 1.54) is 12.1 Å². The minimum atomic E-state index is -1.17. The average molecular weight is 426 g/mol. The zero-order valence-electron chi connectivity index (χ0n) is 18.5. The van der Waals surface area contributed by atoms with E-state index in [0.29, 0.717) is 22.3 Å². The summed E-state index contributed by atoms with van der Waals surface area (Å²) < 4.78 is 23.0. The molecule has 0 saturated carbocycles. The highest BCUT2D eigenvalue weighted by molar-refractivity contribution is 5.89. The first-order valence-corrected chi connectivity index (χ1v) is 9.98. The van der Waals surface area contributed by atoms with Crippen molar-refractivity contribution in [3.05, 3.63) is 63.5 Å². The minimum Gasteiger partial charge on any atom is -0.481 e. The number of carbonyl (C=O) groups excluding carboxylic acids is 2. The van der Waals surface area contributed by atoms with E-state index in [2.05, 4.69) is 0 Å². The van der Waals surface area contributed by atoms with Crippen LogP contribution in [-0.4, -0.2) is 23.6 Å². The Kier molecular flexibility index (Phi) is 6.06. The van der Waals surface area contributed by atoms with Crippen molar-refractivity contribution in [3.63, 3.8) is 0 Å². The fraction of sp³-hybridized carbons (Fsp3) is 0.375. The Morgan fingerprint density at radius 3 is 2.42 bits per heavy atom. The molecule has 0 spiro atoms. The summed E-state index contributed by atoms with van der Waals surface area (Å²) in [6, 6.07) is 6.41. The van der Waals surface area contributed by atoms with Crippen LogP contribution in [0.4, 0.5) is 0 Å². The van der Waals surface area contributed by atoms with Crippen LogP contribution in [0.1, 0.15) is 53.2 Å². The fourth-order valence-electron chi connectivity index (χ4n) is 3.39. The van der Waals surface area contributed by atoms with Gasteiger partial charge in [0, 0.05) is 23.1 Å². The lowest BCUT2D eigenvalue weighted by Crippen LogP contribution is -2.46. The topological polar surface area (TPSA) is 92.0 Å². The van der Waals surface area contributed by atoms with Crippen LogP contribution in [0.2, 0.25) is 0 Å². The summed E-state index contributed by atoms with van der Waals surface area (Å²) in [5.74, 6) is -0.680. The van der Waals surface area contributed by atoms with Gasteiger partial charge in [0.25, 0.3) is 0 Å². The Hall–Kier alpha value is -3.35. The Balaban J connectivity index is 2.10. The predicted molar refractivity (Wildman–Crippen MR) is 115 cm³/mol. The van der Waals surface area contributed by atoms with Gasteiger partial charge < -0.3 is 18.6 Å². The van der Waals surface area contributed by atoms with Gasteiger partial charge in [0.15, 0.2) is 12.2 Å². The van der Waals surface area contributed by atoms with Crippen molar-refractivity contribution in [2.45, 2.75) is 59.4 Å². The summed E-state index contributed by atoms with van der Waals surface area (Å²) in [5.41, 5.74) is 0.203. The highest BCUT2D eigenvalue weighted by Gasteiger charge is 2.50. The van der Waals surface area contributed by atoms with Crippen molar-refractivity contribution in [2.24, 2.45) is 0 Å². The summed E-state index contributed by atoms with van der Waals surface area (Å²) in [6.07, 6.45) is 1.20. The number of esters is 2. The van der Waals surface area contributed by atoms with Gasteiger partial charge >= 0.3 is 17.6 Å².